The Morgan fingerprint density at radius 3 is 2.88 bits per heavy atom. The SMILES string of the molecule is Nc1cccn2c(-c3ccc(Cl)o3)nc(Br)c12. The van der Waals surface area contributed by atoms with Gasteiger partial charge in [0.05, 0.1) is 5.69 Å². The molecule has 0 aliphatic heterocycles. The molecule has 0 atom stereocenters. The van der Waals surface area contributed by atoms with Gasteiger partial charge in [0.15, 0.2) is 16.8 Å². The second kappa shape index (κ2) is 3.78. The molecule has 0 saturated heterocycles. The summed E-state index contributed by atoms with van der Waals surface area (Å²) in [6.07, 6.45) is 1.87. The van der Waals surface area contributed by atoms with Crippen LogP contribution in [0.25, 0.3) is 17.1 Å². The number of furan rings is 1. The average Bonchev–Trinajstić information content (AvgIpc) is 2.84. The minimum atomic E-state index is 0.330. The molecule has 3 aromatic rings. The Morgan fingerprint density at radius 2 is 2.18 bits per heavy atom. The standard InChI is InChI=1S/C11H7BrClN3O/c12-10-9-6(14)2-1-5-16(9)11(15-10)7-3-4-8(13)17-7/h1-5H,14H2. The summed E-state index contributed by atoms with van der Waals surface area (Å²) in [6.45, 7) is 0. The van der Waals surface area contributed by atoms with E-state index in [0.29, 0.717) is 27.1 Å². The van der Waals surface area contributed by atoms with Crippen molar-refractivity contribution in [3.8, 4) is 11.6 Å². The molecule has 6 heteroatoms. The van der Waals surface area contributed by atoms with Crippen LogP contribution in [0.2, 0.25) is 5.22 Å². The van der Waals surface area contributed by atoms with Gasteiger partial charge < -0.3 is 10.2 Å². The van der Waals surface area contributed by atoms with Crippen LogP contribution in [0.5, 0.6) is 0 Å². The van der Waals surface area contributed by atoms with E-state index in [1.165, 1.54) is 0 Å². The molecular weight excluding hydrogens is 305 g/mol. The quantitative estimate of drug-likeness (QED) is 0.747. The number of pyridine rings is 1. The number of hydrogen-bond donors (Lipinski definition) is 1. The van der Waals surface area contributed by atoms with E-state index < -0.39 is 0 Å². The first kappa shape index (κ1) is 10.7. The van der Waals surface area contributed by atoms with Crippen molar-refractivity contribution < 1.29 is 4.42 Å². The lowest BCUT2D eigenvalue weighted by Crippen LogP contribution is -1.92. The van der Waals surface area contributed by atoms with Crippen LogP contribution in [0.3, 0.4) is 0 Å². The third-order valence-electron chi connectivity index (χ3n) is 2.45. The van der Waals surface area contributed by atoms with Crippen LogP contribution in [0.1, 0.15) is 0 Å². The molecule has 4 nitrogen and oxygen atoms in total. The number of halogens is 2. The van der Waals surface area contributed by atoms with Gasteiger partial charge in [-0.3, -0.25) is 4.40 Å². The maximum absolute atomic E-state index is 5.91. The van der Waals surface area contributed by atoms with Crippen molar-refractivity contribution in [1.82, 2.24) is 9.38 Å². The average molecular weight is 313 g/mol. The summed E-state index contributed by atoms with van der Waals surface area (Å²) in [5.41, 5.74) is 7.37. The lowest BCUT2D eigenvalue weighted by molar-refractivity contribution is 0.579. The summed E-state index contributed by atoms with van der Waals surface area (Å²) in [4.78, 5) is 4.38. The van der Waals surface area contributed by atoms with Crippen molar-refractivity contribution >= 4 is 38.7 Å². The number of aromatic nitrogens is 2. The van der Waals surface area contributed by atoms with Crippen LogP contribution in [0.15, 0.2) is 39.5 Å². The van der Waals surface area contributed by atoms with E-state index in [4.69, 9.17) is 21.8 Å². The fourth-order valence-corrected chi connectivity index (χ4v) is 2.46. The maximum atomic E-state index is 5.91. The van der Waals surface area contributed by atoms with Crippen molar-refractivity contribution in [2.75, 3.05) is 5.73 Å². The number of rotatable bonds is 1. The fourth-order valence-electron chi connectivity index (χ4n) is 1.73. The summed E-state index contributed by atoms with van der Waals surface area (Å²) < 4.78 is 7.89. The molecule has 0 radical (unpaired) electrons. The van der Waals surface area contributed by atoms with E-state index in [0.717, 1.165) is 5.52 Å². The van der Waals surface area contributed by atoms with Gasteiger partial charge in [-0.25, -0.2) is 4.98 Å². The minimum absolute atomic E-state index is 0.330. The normalized spacial score (nSPS) is 11.2. The molecule has 0 fully saturated rings. The molecule has 0 aliphatic rings. The van der Waals surface area contributed by atoms with Gasteiger partial charge in [-0.05, 0) is 51.8 Å². The van der Waals surface area contributed by atoms with E-state index in [2.05, 4.69) is 20.9 Å². The third-order valence-corrected chi connectivity index (χ3v) is 3.20. The number of fused-ring (bicyclic) bond motifs is 1. The Bertz CT molecular complexity index is 704. The number of hydrogen-bond acceptors (Lipinski definition) is 3. The van der Waals surface area contributed by atoms with Crippen LogP contribution in [0.4, 0.5) is 5.69 Å². The van der Waals surface area contributed by atoms with Crippen LogP contribution < -0.4 is 5.73 Å². The first-order valence-electron chi connectivity index (χ1n) is 4.84. The van der Waals surface area contributed by atoms with Crippen molar-refractivity contribution in [3.63, 3.8) is 0 Å². The van der Waals surface area contributed by atoms with Gasteiger partial charge in [0, 0.05) is 6.20 Å². The lowest BCUT2D eigenvalue weighted by Gasteiger charge is -2.00. The summed E-state index contributed by atoms with van der Waals surface area (Å²) in [7, 11) is 0. The van der Waals surface area contributed by atoms with Gasteiger partial charge >= 0.3 is 0 Å². The zero-order valence-corrected chi connectivity index (χ0v) is 10.9. The Hall–Kier alpha value is -1.46. The fraction of sp³-hybridized carbons (Fsp3) is 0. The van der Waals surface area contributed by atoms with Gasteiger partial charge in [0.1, 0.15) is 10.1 Å². The zero-order valence-electron chi connectivity index (χ0n) is 8.52. The van der Waals surface area contributed by atoms with Gasteiger partial charge in [0.2, 0.25) is 0 Å². The number of nitrogen functional groups attached to an aromatic ring is 1. The number of anilines is 1. The second-order valence-electron chi connectivity index (χ2n) is 3.51. The van der Waals surface area contributed by atoms with E-state index >= 15 is 0 Å². The molecular formula is C11H7BrClN3O. The van der Waals surface area contributed by atoms with Crippen LogP contribution in [-0.4, -0.2) is 9.38 Å². The molecule has 0 bridgehead atoms. The largest absolute Gasteiger partial charge is 0.441 e. The van der Waals surface area contributed by atoms with Crippen LogP contribution in [-0.2, 0) is 0 Å². The lowest BCUT2D eigenvalue weighted by atomic mass is 10.3. The van der Waals surface area contributed by atoms with E-state index in [9.17, 15) is 0 Å². The maximum Gasteiger partial charge on any atom is 0.194 e. The van der Waals surface area contributed by atoms with Gasteiger partial charge in [-0.15, -0.1) is 0 Å². The molecule has 0 aromatic carbocycles. The molecule has 86 valence electrons. The number of imidazole rings is 1. The predicted octanol–water partition coefficient (Wildman–Crippen LogP) is 3.59. The molecule has 17 heavy (non-hydrogen) atoms. The molecule has 0 spiro atoms. The molecule has 2 N–H and O–H groups in total. The highest BCUT2D eigenvalue weighted by molar-refractivity contribution is 9.10. The molecule has 3 heterocycles. The molecule has 0 amide bonds. The van der Waals surface area contributed by atoms with Crippen molar-refractivity contribution in [2.24, 2.45) is 0 Å². The van der Waals surface area contributed by atoms with Crippen LogP contribution in [0, 0.1) is 0 Å². The highest BCUT2D eigenvalue weighted by Gasteiger charge is 2.15. The predicted molar refractivity (Wildman–Crippen MR) is 70.0 cm³/mol. The first-order chi connectivity index (χ1) is 8.16. The molecule has 0 aliphatic carbocycles. The monoisotopic (exact) mass is 311 g/mol. The first-order valence-corrected chi connectivity index (χ1v) is 6.01. The summed E-state index contributed by atoms with van der Waals surface area (Å²) >= 11 is 9.15. The highest BCUT2D eigenvalue weighted by atomic mass is 79.9. The number of nitrogens with two attached hydrogens (primary N) is 1. The number of nitrogens with zero attached hydrogens (tertiary/aromatic N) is 2. The van der Waals surface area contributed by atoms with Gasteiger partial charge in [-0.2, -0.15) is 0 Å². The molecule has 0 saturated carbocycles. The highest BCUT2D eigenvalue weighted by Crippen LogP contribution is 2.31. The summed E-state index contributed by atoms with van der Waals surface area (Å²) in [6, 6.07) is 7.12. The van der Waals surface area contributed by atoms with Crippen molar-refractivity contribution in [1.29, 1.82) is 0 Å². The second-order valence-corrected chi connectivity index (χ2v) is 4.64. The smallest absolute Gasteiger partial charge is 0.194 e. The topological polar surface area (TPSA) is 56.5 Å². The van der Waals surface area contributed by atoms with E-state index in [1.807, 2.05) is 22.7 Å². The minimum Gasteiger partial charge on any atom is -0.441 e. The summed E-state index contributed by atoms with van der Waals surface area (Å²) in [5.74, 6) is 1.26. The van der Waals surface area contributed by atoms with Crippen LogP contribution >= 0.6 is 27.5 Å². The van der Waals surface area contributed by atoms with Crippen molar-refractivity contribution in [3.05, 3.63) is 40.3 Å². The third kappa shape index (κ3) is 1.62. The van der Waals surface area contributed by atoms with E-state index in [1.54, 1.807) is 12.1 Å². The Balaban J connectivity index is 2.35. The molecule has 3 rings (SSSR count). The molecule has 0 unspecified atom stereocenters. The van der Waals surface area contributed by atoms with E-state index in [-0.39, 0.29) is 0 Å². The Morgan fingerprint density at radius 1 is 1.35 bits per heavy atom. The zero-order chi connectivity index (χ0) is 12.0. The summed E-state index contributed by atoms with van der Waals surface area (Å²) in [5, 5.41) is 0.330. The molecule has 3 aromatic heterocycles. The Labute approximate surface area is 110 Å². The van der Waals surface area contributed by atoms with Crippen molar-refractivity contribution in [2.45, 2.75) is 0 Å². The Kier molecular flexibility index (Phi) is 2.38. The van der Waals surface area contributed by atoms with Gasteiger partial charge in [0.25, 0.3) is 0 Å². The van der Waals surface area contributed by atoms with Gasteiger partial charge in [-0.1, -0.05) is 0 Å².